The Balaban J connectivity index is 1.74. The van der Waals surface area contributed by atoms with Gasteiger partial charge in [-0.1, -0.05) is 26.0 Å². The van der Waals surface area contributed by atoms with E-state index in [9.17, 15) is 4.79 Å². The molecular weight excluding hydrogens is 378 g/mol. The molecular formula is C23H39N5O2. The second-order valence-electron chi connectivity index (χ2n) is 7.73. The molecule has 0 spiro atoms. The Morgan fingerprint density at radius 2 is 1.87 bits per heavy atom. The highest BCUT2D eigenvalue weighted by Gasteiger charge is 2.22. The molecule has 0 atom stereocenters. The van der Waals surface area contributed by atoms with E-state index < -0.39 is 0 Å². The largest absolute Gasteiger partial charge is 0.492 e. The van der Waals surface area contributed by atoms with Gasteiger partial charge in [0.05, 0.1) is 0 Å². The summed E-state index contributed by atoms with van der Waals surface area (Å²) >= 11 is 0. The van der Waals surface area contributed by atoms with Crippen molar-refractivity contribution in [2.75, 3.05) is 53.4 Å². The zero-order valence-electron chi connectivity index (χ0n) is 19.1. The van der Waals surface area contributed by atoms with Gasteiger partial charge in [-0.05, 0) is 49.5 Å². The number of aliphatic imine (C=N–C) groups is 1. The van der Waals surface area contributed by atoms with Crippen molar-refractivity contribution in [3.05, 3.63) is 29.8 Å². The topological polar surface area (TPSA) is 69.2 Å². The number of nitrogens with one attached hydrogen (secondary N) is 2. The van der Waals surface area contributed by atoms with E-state index in [0.717, 1.165) is 63.8 Å². The number of likely N-dealkylation sites (tertiary alicyclic amines) is 1. The lowest BCUT2D eigenvalue weighted by atomic mass is 9.93. The van der Waals surface area contributed by atoms with Gasteiger partial charge in [-0.3, -0.25) is 9.79 Å². The number of carbonyl (C=O) groups is 1. The SMILES string of the molecule is CCN(CC)CCOc1ccc(CNC(=NC)N2CCC(CC(=O)NC)CC2)cc1. The summed E-state index contributed by atoms with van der Waals surface area (Å²) in [5.74, 6) is 2.44. The third kappa shape index (κ3) is 7.86. The van der Waals surface area contributed by atoms with Crippen molar-refractivity contribution >= 4 is 11.9 Å². The molecule has 0 aromatic heterocycles. The Bertz CT molecular complexity index is 650. The van der Waals surface area contributed by atoms with Crippen LogP contribution in [0.5, 0.6) is 5.75 Å². The quantitative estimate of drug-likeness (QED) is 0.452. The summed E-state index contributed by atoms with van der Waals surface area (Å²) in [5, 5.41) is 6.19. The first-order valence-electron chi connectivity index (χ1n) is 11.2. The molecule has 0 radical (unpaired) electrons. The van der Waals surface area contributed by atoms with Crippen molar-refractivity contribution in [2.24, 2.45) is 10.9 Å². The Hall–Kier alpha value is -2.28. The van der Waals surface area contributed by atoms with E-state index >= 15 is 0 Å². The molecule has 1 saturated heterocycles. The monoisotopic (exact) mass is 417 g/mol. The Labute approximate surface area is 181 Å². The van der Waals surface area contributed by atoms with Crippen LogP contribution in [0.2, 0.25) is 0 Å². The predicted molar refractivity (Wildman–Crippen MR) is 123 cm³/mol. The molecule has 1 aromatic rings. The smallest absolute Gasteiger partial charge is 0.220 e. The Morgan fingerprint density at radius 1 is 1.20 bits per heavy atom. The molecule has 1 amide bonds. The van der Waals surface area contributed by atoms with Gasteiger partial charge in [-0.2, -0.15) is 0 Å². The van der Waals surface area contributed by atoms with Gasteiger partial charge >= 0.3 is 0 Å². The number of rotatable bonds is 10. The number of hydrogen-bond acceptors (Lipinski definition) is 4. The molecule has 2 N–H and O–H groups in total. The van der Waals surface area contributed by atoms with Crippen molar-refractivity contribution in [3.8, 4) is 5.75 Å². The standard InChI is InChI=1S/C23H39N5O2/c1-5-27(6-2)15-16-30-21-9-7-20(8-10-21)18-26-23(25-4)28-13-11-19(12-14-28)17-22(29)24-3/h7-10,19H,5-6,11-18H2,1-4H3,(H,24,29)(H,25,26). The fourth-order valence-corrected chi connectivity index (χ4v) is 3.76. The van der Waals surface area contributed by atoms with Crippen molar-refractivity contribution in [1.29, 1.82) is 0 Å². The minimum Gasteiger partial charge on any atom is -0.492 e. The van der Waals surface area contributed by atoms with Crippen LogP contribution in [0.1, 0.15) is 38.7 Å². The molecule has 2 rings (SSSR count). The van der Waals surface area contributed by atoms with Crippen molar-refractivity contribution in [2.45, 2.75) is 39.7 Å². The van der Waals surface area contributed by atoms with Gasteiger partial charge in [-0.25, -0.2) is 0 Å². The average Bonchev–Trinajstić information content (AvgIpc) is 2.79. The first-order valence-corrected chi connectivity index (χ1v) is 11.2. The maximum Gasteiger partial charge on any atom is 0.220 e. The zero-order valence-corrected chi connectivity index (χ0v) is 19.1. The highest BCUT2D eigenvalue weighted by Crippen LogP contribution is 2.20. The minimum atomic E-state index is 0.136. The van der Waals surface area contributed by atoms with E-state index in [0.29, 0.717) is 18.9 Å². The van der Waals surface area contributed by atoms with Crippen molar-refractivity contribution in [1.82, 2.24) is 20.4 Å². The maximum absolute atomic E-state index is 11.6. The number of likely N-dealkylation sites (N-methyl/N-ethyl adjacent to an activating group) is 1. The predicted octanol–water partition coefficient (Wildman–Crippen LogP) is 2.33. The molecule has 7 nitrogen and oxygen atoms in total. The Kier molecular flexibility index (Phi) is 10.5. The van der Waals surface area contributed by atoms with Crippen LogP contribution in [0.15, 0.2) is 29.3 Å². The number of guanidine groups is 1. The number of benzene rings is 1. The van der Waals surface area contributed by atoms with Crippen LogP contribution < -0.4 is 15.4 Å². The normalized spacial score (nSPS) is 15.4. The summed E-state index contributed by atoms with van der Waals surface area (Å²) < 4.78 is 5.86. The number of piperidine rings is 1. The van der Waals surface area contributed by atoms with Crippen LogP contribution in [-0.4, -0.2) is 75.1 Å². The van der Waals surface area contributed by atoms with Crippen LogP contribution in [0.25, 0.3) is 0 Å². The Morgan fingerprint density at radius 3 is 2.43 bits per heavy atom. The fraction of sp³-hybridized carbons (Fsp3) is 0.652. The lowest BCUT2D eigenvalue weighted by Crippen LogP contribution is -2.45. The van der Waals surface area contributed by atoms with Crippen LogP contribution in [0, 0.1) is 5.92 Å². The van der Waals surface area contributed by atoms with Gasteiger partial charge in [0.2, 0.25) is 5.91 Å². The molecule has 1 aromatic carbocycles. The lowest BCUT2D eigenvalue weighted by Gasteiger charge is -2.34. The summed E-state index contributed by atoms with van der Waals surface area (Å²) in [4.78, 5) is 20.7. The van der Waals surface area contributed by atoms with Crippen molar-refractivity contribution < 1.29 is 9.53 Å². The second-order valence-corrected chi connectivity index (χ2v) is 7.73. The van der Waals surface area contributed by atoms with Crippen LogP contribution in [-0.2, 0) is 11.3 Å². The van der Waals surface area contributed by atoms with Gasteiger partial charge in [0, 0.05) is 46.7 Å². The summed E-state index contributed by atoms with van der Waals surface area (Å²) in [6, 6.07) is 8.27. The van der Waals surface area contributed by atoms with Crippen molar-refractivity contribution in [3.63, 3.8) is 0 Å². The molecule has 0 aliphatic carbocycles. The summed E-state index contributed by atoms with van der Waals surface area (Å²) in [5.41, 5.74) is 1.20. The molecule has 1 aliphatic rings. The van der Waals surface area contributed by atoms with Crippen LogP contribution in [0.3, 0.4) is 0 Å². The molecule has 1 heterocycles. The van der Waals surface area contributed by atoms with E-state index in [1.807, 2.05) is 19.2 Å². The van der Waals surface area contributed by atoms with E-state index in [1.165, 1.54) is 5.56 Å². The lowest BCUT2D eigenvalue weighted by molar-refractivity contribution is -0.121. The molecule has 0 bridgehead atoms. The second kappa shape index (κ2) is 13.1. The third-order valence-corrected chi connectivity index (χ3v) is 5.82. The van der Waals surface area contributed by atoms with E-state index in [2.05, 4.69) is 51.4 Å². The van der Waals surface area contributed by atoms with Gasteiger partial charge < -0.3 is 25.2 Å². The molecule has 0 saturated carbocycles. The number of hydrogen-bond donors (Lipinski definition) is 2. The van der Waals surface area contributed by atoms with E-state index in [-0.39, 0.29) is 5.91 Å². The zero-order chi connectivity index (χ0) is 21.8. The highest BCUT2D eigenvalue weighted by molar-refractivity contribution is 5.80. The molecule has 1 fully saturated rings. The first kappa shape index (κ1) is 24.0. The average molecular weight is 418 g/mol. The maximum atomic E-state index is 11.6. The number of nitrogens with zero attached hydrogens (tertiary/aromatic N) is 3. The van der Waals surface area contributed by atoms with Crippen LogP contribution >= 0.6 is 0 Å². The number of carbonyl (C=O) groups excluding carboxylic acids is 1. The number of amides is 1. The summed E-state index contributed by atoms with van der Waals surface area (Å²) in [7, 11) is 3.53. The third-order valence-electron chi connectivity index (χ3n) is 5.82. The summed E-state index contributed by atoms with van der Waals surface area (Å²) in [6.45, 7) is 10.7. The molecule has 30 heavy (non-hydrogen) atoms. The van der Waals surface area contributed by atoms with Gasteiger partial charge in [-0.15, -0.1) is 0 Å². The van der Waals surface area contributed by atoms with Gasteiger partial charge in [0.25, 0.3) is 0 Å². The van der Waals surface area contributed by atoms with Gasteiger partial charge in [0.1, 0.15) is 12.4 Å². The fourth-order valence-electron chi connectivity index (χ4n) is 3.76. The molecule has 1 aliphatic heterocycles. The van der Waals surface area contributed by atoms with E-state index in [4.69, 9.17) is 4.74 Å². The highest BCUT2D eigenvalue weighted by atomic mass is 16.5. The number of ether oxygens (including phenoxy) is 1. The minimum absolute atomic E-state index is 0.136. The molecule has 168 valence electrons. The molecule has 7 heteroatoms. The molecule has 0 unspecified atom stereocenters. The van der Waals surface area contributed by atoms with Crippen LogP contribution in [0.4, 0.5) is 0 Å². The first-order chi connectivity index (χ1) is 14.6. The van der Waals surface area contributed by atoms with Gasteiger partial charge in [0.15, 0.2) is 5.96 Å². The van der Waals surface area contributed by atoms with E-state index in [1.54, 1.807) is 7.05 Å². The summed E-state index contributed by atoms with van der Waals surface area (Å²) in [6.07, 6.45) is 2.67.